The van der Waals surface area contributed by atoms with Crippen molar-refractivity contribution in [2.45, 2.75) is 109 Å². The van der Waals surface area contributed by atoms with Gasteiger partial charge in [-0.3, -0.25) is 4.79 Å². The van der Waals surface area contributed by atoms with E-state index in [4.69, 9.17) is 9.47 Å². The third-order valence-corrected chi connectivity index (χ3v) is 9.46. The zero-order chi connectivity index (χ0) is 19.4. The SMILES string of the molecule is COC1(O[C@@H]2CC[C@H]3[C@@H]4CCC5=C(CCC(=O)C5)[C@H]4CC[C@]23C)CCCCC1. The first-order valence-electron chi connectivity index (χ1n) is 12.0. The first kappa shape index (κ1) is 19.3. The van der Waals surface area contributed by atoms with E-state index in [1.165, 1.54) is 63.4 Å². The molecule has 0 aliphatic heterocycles. The van der Waals surface area contributed by atoms with Crippen molar-refractivity contribution < 1.29 is 14.3 Å². The van der Waals surface area contributed by atoms with E-state index in [1.807, 2.05) is 7.11 Å². The molecule has 0 amide bonds. The van der Waals surface area contributed by atoms with E-state index in [0.717, 1.165) is 49.9 Å². The third-order valence-electron chi connectivity index (χ3n) is 9.46. The van der Waals surface area contributed by atoms with Crippen LogP contribution in [-0.2, 0) is 14.3 Å². The van der Waals surface area contributed by atoms with Crippen LogP contribution >= 0.6 is 0 Å². The predicted molar refractivity (Wildman–Crippen MR) is 110 cm³/mol. The van der Waals surface area contributed by atoms with Gasteiger partial charge in [0.1, 0.15) is 5.78 Å². The number of carbonyl (C=O) groups excluding carboxylic acids is 1. The maximum atomic E-state index is 11.9. The molecule has 3 saturated carbocycles. The third kappa shape index (κ3) is 3.03. The van der Waals surface area contributed by atoms with E-state index < -0.39 is 0 Å². The number of hydrogen-bond donors (Lipinski definition) is 0. The van der Waals surface area contributed by atoms with Gasteiger partial charge in [-0.15, -0.1) is 0 Å². The van der Waals surface area contributed by atoms with Crippen LogP contribution in [0.2, 0.25) is 0 Å². The highest BCUT2D eigenvalue weighted by Crippen LogP contribution is 2.62. The van der Waals surface area contributed by atoms with Crippen LogP contribution in [0.3, 0.4) is 0 Å². The largest absolute Gasteiger partial charge is 0.353 e. The van der Waals surface area contributed by atoms with E-state index in [9.17, 15) is 4.79 Å². The number of fused-ring (bicyclic) bond motifs is 4. The smallest absolute Gasteiger partial charge is 0.168 e. The summed E-state index contributed by atoms with van der Waals surface area (Å²) < 4.78 is 12.9. The maximum Gasteiger partial charge on any atom is 0.168 e. The molecule has 0 heterocycles. The van der Waals surface area contributed by atoms with Gasteiger partial charge in [0, 0.05) is 32.8 Å². The molecule has 0 radical (unpaired) electrons. The van der Waals surface area contributed by atoms with Gasteiger partial charge in [0.05, 0.1) is 6.10 Å². The number of allylic oxidation sites excluding steroid dienone is 2. The Morgan fingerprint density at radius 3 is 2.54 bits per heavy atom. The number of ketones is 1. The summed E-state index contributed by atoms with van der Waals surface area (Å²) in [4.78, 5) is 11.9. The van der Waals surface area contributed by atoms with Crippen molar-refractivity contribution in [3.8, 4) is 0 Å². The van der Waals surface area contributed by atoms with Gasteiger partial charge >= 0.3 is 0 Å². The lowest BCUT2D eigenvalue weighted by molar-refractivity contribution is -0.278. The molecular weight excluding hydrogens is 348 g/mol. The van der Waals surface area contributed by atoms with Gasteiger partial charge in [0.2, 0.25) is 0 Å². The fourth-order valence-corrected chi connectivity index (χ4v) is 7.92. The first-order valence-corrected chi connectivity index (χ1v) is 12.0. The van der Waals surface area contributed by atoms with Crippen LogP contribution in [0.25, 0.3) is 0 Å². The van der Waals surface area contributed by atoms with Crippen LogP contribution in [0.5, 0.6) is 0 Å². The van der Waals surface area contributed by atoms with Gasteiger partial charge in [-0.05, 0) is 81.0 Å². The van der Waals surface area contributed by atoms with E-state index in [0.29, 0.717) is 17.3 Å². The molecule has 3 fully saturated rings. The summed E-state index contributed by atoms with van der Waals surface area (Å²) in [5.74, 6) is 2.54. The molecule has 5 aliphatic carbocycles. The second-order valence-corrected chi connectivity index (χ2v) is 10.7. The Hall–Kier alpha value is -0.670. The Labute approximate surface area is 170 Å². The topological polar surface area (TPSA) is 35.5 Å². The number of ether oxygens (including phenoxy) is 2. The van der Waals surface area contributed by atoms with Crippen molar-refractivity contribution in [3.63, 3.8) is 0 Å². The maximum absolute atomic E-state index is 11.9. The summed E-state index contributed by atoms with van der Waals surface area (Å²) in [5.41, 5.74) is 3.56. The second-order valence-electron chi connectivity index (χ2n) is 10.7. The molecular formula is C25H38O3. The quantitative estimate of drug-likeness (QED) is 0.443. The molecule has 3 nitrogen and oxygen atoms in total. The molecule has 0 N–H and O–H groups in total. The fourth-order valence-electron chi connectivity index (χ4n) is 7.92. The summed E-state index contributed by atoms with van der Waals surface area (Å²) in [5, 5.41) is 0. The van der Waals surface area contributed by atoms with Crippen LogP contribution in [0.1, 0.15) is 96.8 Å². The summed E-state index contributed by atoms with van der Waals surface area (Å²) in [6.07, 6.45) is 16.5. The predicted octanol–water partition coefficient (Wildman–Crippen LogP) is 5.96. The molecule has 5 rings (SSSR count). The highest BCUT2D eigenvalue weighted by Gasteiger charge is 2.57. The number of carbonyl (C=O) groups is 1. The van der Waals surface area contributed by atoms with E-state index in [2.05, 4.69) is 6.92 Å². The van der Waals surface area contributed by atoms with Crippen LogP contribution in [0.15, 0.2) is 11.1 Å². The molecule has 0 saturated heterocycles. The first-order chi connectivity index (χ1) is 13.5. The summed E-state index contributed by atoms with van der Waals surface area (Å²) in [7, 11) is 1.86. The lowest BCUT2D eigenvalue weighted by atomic mass is 9.54. The van der Waals surface area contributed by atoms with Crippen LogP contribution < -0.4 is 0 Å². The lowest BCUT2D eigenvalue weighted by Crippen LogP contribution is -2.49. The molecule has 0 aromatic rings. The van der Waals surface area contributed by atoms with Crippen molar-refractivity contribution >= 4 is 5.78 Å². The van der Waals surface area contributed by atoms with Crippen LogP contribution in [-0.4, -0.2) is 24.8 Å². The molecule has 156 valence electrons. The second kappa shape index (κ2) is 7.23. The molecule has 5 atom stereocenters. The minimum absolute atomic E-state index is 0.312. The van der Waals surface area contributed by atoms with Crippen molar-refractivity contribution in [2.24, 2.45) is 23.2 Å². The highest BCUT2D eigenvalue weighted by atomic mass is 16.7. The van der Waals surface area contributed by atoms with E-state index >= 15 is 0 Å². The van der Waals surface area contributed by atoms with E-state index in [1.54, 1.807) is 5.57 Å². The Bertz CT molecular complexity index is 659. The molecule has 0 aromatic carbocycles. The van der Waals surface area contributed by atoms with Crippen molar-refractivity contribution in [1.82, 2.24) is 0 Å². The Morgan fingerprint density at radius 2 is 1.75 bits per heavy atom. The average molecular weight is 387 g/mol. The number of hydrogen-bond acceptors (Lipinski definition) is 3. The molecule has 28 heavy (non-hydrogen) atoms. The average Bonchev–Trinajstić information content (AvgIpc) is 3.04. The van der Waals surface area contributed by atoms with Gasteiger partial charge in [-0.1, -0.05) is 24.5 Å². The number of Topliss-reactive ketones (excluding diaryl/α,β-unsaturated/α-hetero) is 1. The molecule has 0 bridgehead atoms. The Balaban J connectivity index is 1.35. The van der Waals surface area contributed by atoms with Gasteiger partial charge in [0.15, 0.2) is 5.79 Å². The zero-order valence-corrected chi connectivity index (χ0v) is 17.9. The zero-order valence-electron chi connectivity index (χ0n) is 17.9. The van der Waals surface area contributed by atoms with Gasteiger partial charge in [-0.25, -0.2) is 0 Å². The van der Waals surface area contributed by atoms with E-state index in [-0.39, 0.29) is 5.79 Å². The molecule has 0 aromatic heterocycles. The van der Waals surface area contributed by atoms with Crippen molar-refractivity contribution in [2.75, 3.05) is 7.11 Å². The standard InChI is InChI=1S/C25H38O3/c1-24-15-12-20-19-9-7-18(26)16-17(19)6-8-21(20)22(24)10-11-23(24)28-25(27-2)13-4-3-5-14-25/h20-23H,3-16H2,1-2H3/t20-,21-,22+,23-,24+/m1/s1. The van der Waals surface area contributed by atoms with Gasteiger partial charge in [0.25, 0.3) is 0 Å². The minimum Gasteiger partial charge on any atom is -0.353 e. The van der Waals surface area contributed by atoms with Gasteiger partial charge in [-0.2, -0.15) is 0 Å². The molecule has 3 heteroatoms. The number of methoxy groups -OCH3 is 1. The lowest BCUT2D eigenvalue weighted by Gasteiger charge is -2.53. The molecule has 0 unspecified atom stereocenters. The fraction of sp³-hybridized carbons (Fsp3) is 0.880. The van der Waals surface area contributed by atoms with Crippen LogP contribution in [0.4, 0.5) is 0 Å². The normalized spacial score (nSPS) is 42.7. The highest BCUT2D eigenvalue weighted by molar-refractivity contribution is 5.82. The summed E-state index contributed by atoms with van der Waals surface area (Å²) in [6, 6.07) is 0. The summed E-state index contributed by atoms with van der Waals surface area (Å²) >= 11 is 0. The van der Waals surface area contributed by atoms with Gasteiger partial charge < -0.3 is 9.47 Å². The van der Waals surface area contributed by atoms with Crippen molar-refractivity contribution in [1.29, 1.82) is 0 Å². The van der Waals surface area contributed by atoms with Crippen LogP contribution in [0, 0.1) is 23.2 Å². The monoisotopic (exact) mass is 386 g/mol. The Morgan fingerprint density at radius 1 is 0.929 bits per heavy atom. The van der Waals surface area contributed by atoms with Crippen molar-refractivity contribution in [3.05, 3.63) is 11.1 Å². The molecule has 0 spiro atoms. The number of rotatable bonds is 3. The summed E-state index contributed by atoms with van der Waals surface area (Å²) in [6.45, 7) is 2.53. The molecule has 5 aliphatic rings. The Kier molecular flexibility index (Phi) is 4.99. The minimum atomic E-state index is -0.316.